The highest BCUT2D eigenvalue weighted by Crippen LogP contribution is 2.45. The largest absolute Gasteiger partial charge is 0.142 e. The van der Waals surface area contributed by atoms with Gasteiger partial charge >= 0.3 is 0 Å². The van der Waals surface area contributed by atoms with Crippen LogP contribution in [-0.4, -0.2) is 0 Å². The van der Waals surface area contributed by atoms with Crippen molar-refractivity contribution in [3.8, 4) is 32.0 Å². The van der Waals surface area contributed by atoms with E-state index >= 15 is 0 Å². The van der Waals surface area contributed by atoms with Crippen molar-refractivity contribution >= 4 is 65.8 Å². The third-order valence-corrected chi connectivity index (χ3v) is 9.56. The standard InChI is InChI=1S/C36H22S2/c1-3-7-25-19-31-21-29(11-9-27(31)17-23(25)5-1)33-13-15-37-35(33)36-34(14-16-38-36)30-12-10-28-18-24-6-2-4-8-26(24)20-32(28)22-30/h1-22H. The molecule has 0 aliphatic rings. The van der Waals surface area contributed by atoms with Gasteiger partial charge in [-0.2, -0.15) is 0 Å². The summed E-state index contributed by atoms with van der Waals surface area (Å²) in [6.45, 7) is 0. The topological polar surface area (TPSA) is 0 Å². The molecule has 0 nitrogen and oxygen atoms in total. The average Bonchev–Trinajstić information content (AvgIpc) is 3.64. The highest BCUT2D eigenvalue weighted by atomic mass is 32.1. The highest BCUT2D eigenvalue weighted by molar-refractivity contribution is 7.21. The van der Waals surface area contributed by atoms with Gasteiger partial charge in [-0.3, -0.25) is 0 Å². The Morgan fingerprint density at radius 1 is 0.316 bits per heavy atom. The van der Waals surface area contributed by atoms with E-state index in [4.69, 9.17) is 0 Å². The molecule has 2 heterocycles. The Morgan fingerprint density at radius 2 is 0.684 bits per heavy atom. The van der Waals surface area contributed by atoms with Crippen LogP contribution >= 0.6 is 22.7 Å². The highest BCUT2D eigenvalue weighted by Gasteiger charge is 2.16. The molecule has 0 amide bonds. The van der Waals surface area contributed by atoms with Gasteiger partial charge in [0.25, 0.3) is 0 Å². The van der Waals surface area contributed by atoms with E-state index in [1.54, 1.807) is 0 Å². The van der Waals surface area contributed by atoms with Gasteiger partial charge in [-0.05, 0) is 114 Å². The fraction of sp³-hybridized carbons (Fsp3) is 0. The zero-order chi connectivity index (χ0) is 25.1. The van der Waals surface area contributed by atoms with Crippen LogP contribution in [0.2, 0.25) is 0 Å². The summed E-state index contributed by atoms with van der Waals surface area (Å²) < 4.78 is 0. The van der Waals surface area contributed by atoms with E-state index in [9.17, 15) is 0 Å². The second-order valence-electron chi connectivity index (χ2n) is 9.85. The molecule has 38 heavy (non-hydrogen) atoms. The monoisotopic (exact) mass is 518 g/mol. The van der Waals surface area contributed by atoms with Crippen molar-refractivity contribution in [1.82, 2.24) is 0 Å². The van der Waals surface area contributed by atoms with Crippen molar-refractivity contribution in [1.29, 1.82) is 0 Å². The summed E-state index contributed by atoms with van der Waals surface area (Å²) in [6, 6.07) is 44.8. The predicted molar refractivity (Wildman–Crippen MR) is 169 cm³/mol. The third kappa shape index (κ3) is 3.57. The molecule has 0 unspecified atom stereocenters. The fourth-order valence-electron chi connectivity index (χ4n) is 5.64. The molecular formula is C36H22S2. The summed E-state index contributed by atoms with van der Waals surface area (Å²) in [5.74, 6) is 0. The maximum Gasteiger partial charge on any atom is 0.0527 e. The Morgan fingerprint density at radius 3 is 1.11 bits per heavy atom. The Hall–Kier alpha value is -4.24. The molecule has 0 aliphatic heterocycles. The average molecular weight is 519 g/mol. The summed E-state index contributed by atoms with van der Waals surface area (Å²) in [5.41, 5.74) is 5.16. The summed E-state index contributed by atoms with van der Waals surface area (Å²) in [6.07, 6.45) is 0. The van der Waals surface area contributed by atoms with Gasteiger partial charge in [0, 0.05) is 11.1 Å². The smallest absolute Gasteiger partial charge is 0.0527 e. The van der Waals surface area contributed by atoms with Gasteiger partial charge < -0.3 is 0 Å². The van der Waals surface area contributed by atoms with Gasteiger partial charge in [0.2, 0.25) is 0 Å². The second kappa shape index (κ2) is 8.66. The first-order chi connectivity index (χ1) is 18.8. The Labute approximate surface area is 229 Å². The number of thiophene rings is 2. The first-order valence-corrected chi connectivity index (χ1v) is 14.6. The van der Waals surface area contributed by atoms with Gasteiger partial charge in [-0.25, -0.2) is 0 Å². The summed E-state index contributed by atoms with van der Waals surface area (Å²) in [5, 5.41) is 14.7. The normalized spacial score (nSPS) is 11.7. The minimum atomic E-state index is 1.27. The first-order valence-electron chi connectivity index (χ1n) is 12.8. The van der Waals surface area contributed by atoms with Crippen LogP contribution in [0, 0.1) is 0 Å². The Bertz CT molecular complexity index is 1990. The van der Waals surface area contributed by atoms with Crippen LogP contribution in [0.1, 0.15) is 0 Å². The minimum Gasteiger partial charge on any atom is -0.142 e. The number of benzene rings is 6. The van der Waals surface area contributed by atoms with Gasteiger partial charge in [0.1, 0.15) is 0 Å². The van der Waals surface area contributed by atoms with E-state index in [-0.39, 0.29) is 0 Å². The zero-order valence-corrected chi connectivity index (χ0v) is 22.2. The maximum atomic E-state index is 2.35. The lowest BCUT2D eigenvalue weighted by molar-refractivity contribution is 1.71. The van der Waals surface area contributed by atoms with Crippen LogP contribution in [0.4, 0.5) is 0 Å². The van der Waals surface area contributed by atoms with Crippen LogP contribution in [0.5, 0.6) is 0 Å². The van der Waals surface area contributed by atoms with Gasteiger partial charge in [0.05, 0.1) is 9.75 Å². The Kier molecular flexibility index (Phi) is 4.97. The van der Waals surface area contributed by atoms with Crippen molar-refractivity contribution in [3.63, 3.8) is 0 Å². The van der Waals surface area contributed by atoms with Crippen molar-refractivity contribution in [3.05, 3.63) is 132 Å². The fourth-order valence-corrected chi connectivity index (χ4v) is 7.67. The van der Waals surface area contributed by atoms with E-state index in [0.717, 1.165) is 0 Å². The molecule has 0 spiro atoms. The molecule has 0 saturated heterocycles. The molecule has 0 atom stereocenters. The molecule has 0 fully saturated rings. The molecule has 0 aliphatic carbocycles. The zero-order valence-electron chi connectivity index (χ0n) is 20.5. The lowest BCUT2D eigenvalue weighted by atomic mass is 9.96. The third-order valence-electron chi connectivity index (χ3n) is 7.57. The van der Waals surface area contributed by atoms with Gasteiger partial charge in [0.15, 0.2) is 0 Å². The number of hydrogen-bond donors (Lipinski definition) is 0. The van der Waals surface area contributed by atoms with E-state index in [2.05, 4.69) is 132 Å². The van der Waals surface area contributed by atoms with Crippen LogP contribution in [0.25, 0.3) is 75.1 Å². The minimum absolute atomic E-state index is 1.27. The van der Waals surface area contributed by atoms with Crippen LogP contribution in [-0.2, 0) is 0 Å². The van der Waals surface area contributed by atoms with Crippen LogP contribution in [0.3, 0.4) is 0 Å². The molecule has 6 aromatic carbocycles. The molecule has 0 radical (unpaired) electrons. The maximum absolute atomic E-state index is 2.35. The lowest BCUT2D eigenvalue weighted by Gasteiger charge is -2.10. The first kappa shape index (κ1) is 21.8. The summed E-state index contributed by atoms with van der Waals surface area (Å²) in [7, 11) is 0. The molecule has 8 aromatic rings. The summed E-state index contributed by atoms with van der Waals surface area (Å²) in [4.78, 5) is 2.68. The number of rotatable bonds is 3. The van der Waals surface area contributed by atoms with Gasteiger partial charge in [-0.15, -0.1) is 22.7 Å². The molecule has 0 bridgehead atoms. The van der Waals surface area contributed by atoms with Crippen molar-refractivity contribution < 1.29 is 0 Å². The van der Waals surface area contributed by atoms with E-state index in [1.807, 2.05) is 22.7 Å². The lowest BCUT2D eigenvalue weighted by Crippen LogP contribution is -1.83. The predicted octanol–water partition coefficient (Wildman–Crippen LogP) is 11.4. The van der Waals surface area contributed by atoms with Crippen LogP contribution in [0.15, 0.2) is 132 Å². The molecule has 2 heteroatoms. The quantitative estimate of drug-likeness (QED) is 0.204. The van der Waals surface area contributed by atoms with Gasteiger partial charge in [-0.1, -0.05) is 72.8 Å². The molecule has 8 rings (SSSR count). The van der Waals surface area contributed by atoms with Crippen molar-refractivity contribution in [2.75, 3.05) is 0 Å². The SMILES string of the molecule is c1ccc2cc3cc(-c4ccsc4-c4sccc4-c4ccc5cc6ccccc6cc5c4)ccc3cc2c1. The van der Waals surface area contributed by atoms with Crippen LogP contribution < -0.4 is 0 Å². The number of fused-ring (bicyclic) bond motifs is 4. The van der Waals surface area contributed by atoms with E-state index in [1.165, 1.54) is 75.1 Å². The Balaban J connectivity index is 1.24. The van der Waals surface area contributed by atoms with Crippen molar-refractivity contribution in [2.24, 2.45) is 0 Å². The molecule has 178 valence electrons. The van der Waals surface area contributed by atoms with E-state index in [0.29, 0.717) is 0 Å². The molecule has 0 saturated carbocycles. The molecule has 0 N–H and O–H groups in total. The second-order valence-corrected chi connectivity index (χ2v) is 11.7. The molecule has 2 aromatic heterocycles. The molecular weight excluding hydrogens is 497 g/mol. The summed E-state index contributed by atoms with van der Waals surface area (Å²) >= 11 is 3.67. The van der Waals surface area contributed by atoms with Crippen molar-refractivity contribution in [2.45, 2.75) is 0 Å². The number of hydrogen-bond acceptors (Lipinski definition) is 2. The van der Waals surface area contributed by atoms with E-state index < -0.39 is 0 Å².